The summed E-state index contributed by atoms with van der Waals surface area (Å²) >= 11 is 8.92. The molecule has 0 bridgehead atoms. The minimum Gasteiger partial charge on any atom is -0.464 e. The molecule has 18 heavy (non-hydrogen) atoms. The van der Waals surface area contributed by atoms with Crippen LogP contribution in [0.3, 0.4) is 0 Å². The van der Waals surface area contributed by atoms with Crippen LogP contribution in [0, 0.1) is 5.82 Å². The van der Waals surface area contributed by atoms with Gasteiger partial charge in [-0.2, -0.15) is 0 Å². The van der Waals surface area contributed by atoms with Crippen molar-refractivity contribution in [2.24, 2.45) is 0 Å². The number of halogens is 3. The summed E-state index contributed by atoms with van der Waals surface area (Å²) in [5.41, 5.74) is 0.226. The smallest absolute Gasteiger partial charge is 0.357 e. The topological polar surface area (TPSA) is 42.4 Å². The van der Waals surface area contributed by atoms with E-state index in [2.05, 4.69) is 25.7 Å². The lowest BCUT2D eigenvalue weighted by Crippen LogP contribution is -2.23. The third-order valence-electron chi connectivity index (χ3n) is 2.84. The number of carbonyl (C=O) groups excluding carboxylic acids is 1. The second kappa shape index (κ2) is 5.01. The van der Waals surface area contributed by atoms with Crippen LogP contribution in [0.5, 0.6) is 0 Å². The molecule has 2 rings (SSSR count). The Morgan fingerprint density at radius 2 is 2.22 bits per heavy atom. The molecule has 0 atom stereocenters. The van der Waals surface area contributed by atoms with E-state index in [1.807, 2.05) is 0 Å². The van der Waals surface area contributed by atoms with Crippen molar-refractivity contribution in [1.82, 2.24) is 4.98 Å². The maximum Gasteiger partial charge on any atom is 0.357 e. The maximum absolute atomic E-state index is 14.0. The van der Waals surface area contributed by atoms with Gasteiger partial charge in [0.1, 0.15) is 0 Å². The standard InChI is InChI=1S/C11H11BrClFN2O2/c1-16(5-3-4-5)9-6(12)8(11(17)18-2)15-10(13)7(9)14/h5H,3-4H2,1-2H3. The summed E-state index contributed by atoms with van der Waals surface area (Å²) in [6.45, 7) is 0. The van der Waals surface area contributed by atoms with E-state index < -0.39 is 11.8 Å². The first-order valence-electron chi connectivity index (χ1n) is 5.33. The number of rotatable bonds is 3. The summed E-state index contributed by atoms with van der Waals surface area (Å²) in [4.78, 5) is 17.0. The molecule has 0 N–H and O–H groups in total. The predicted molar refractivity (Wildman–Crippen MR) is 69.7 cm³/mol. The molecule has 0 amide bonds. The van der Waals surface area contributed by atoms with Crippen molar-refractivity contribution in [3.05, 3.63) is 21.1 Å². The van der Waals surface area contributed by atoms with Gasteiger partial charge in [0.25, 0.3) is 0 Å². The number of nitrogens with zero attached hydrogens (tertiary/aromatic N) is 2. The highest BCUT2D eigenvalue weighted by Crippen LogP contribution is 2.39. The summed E-state index contributed by atoms with van der Waals surface area (Å²) < 4.78 is 18.9. The Bertz CT molecular complexity index is 508. The Balaban J connectivity index is 2.55. The fourth-order valence-electron chi connectivity index (χ4n) is 1.69. The van der Waals surface area contributed by atoms with Gasteiger partial charge in [0.2, 0.25) is 0 Å². The van der Waals surface area contributed by atoms with Crippen LogP contribution in [-0.2, 0) is 4.74 Å². The third-order valence-corrected chi connectivity index (χ3v) is 3.84. The molecular formula is C11H11BrClFN2O2. The minimum atomic E-state index is -0.658. The highest BCUT2D eigenvalue weighted by atomic mass is 79.9. The first-order chi connectivity index (χ1) is 8.47. The highest BCUT2D eigenvalue weighted by Gasteiger charge is 2.32. The summed E-state index contributed by atoms with van der Waals surface area (Å²) in [5.74, 6) is -1.29. The fraction of sp³-hybridized carbons (Fsp3) is 0.455. The fourth-order valence-corrected chi connectivity index (χ4v) is 2.57. The molecule has 7 heteroatoms. The van der Waals surface area contributed by atoms with Gasteiger partial charge in [0.05, 0.1) is 17.3 Å². The number of hydrogen-bond acceptors (Lipinski definition) is 4. The zero-order valence-electron chi connectivity index (χ0n) is 9.84. The van der Waals surface area contributed by atoms with Gasteiger partial charge >= 0.3 is 5.97 Å². The SMILES string of the molecule is COC(=O)c1nc(Cl)c(F)c(N(C)C2CC2)c1Br. The molecule has 0 radical (unpaired) electrons. The third kappa shape index (κ3) is 2.31. The Labute approximate surface area is 117 Å². The van der Waals surface area contributed by atoms with Gasteiger partial charge in [-0.05, 0) is 28.8 Å². The van der Waals surface area contributed by atoms with Gasteiger partial charge in [0.15, 0.2) is 16.7 Å². The molecule has 1 fully saturated rings. The summed E-state index contributed by atoms with van der Waals surface area (Å²) in [6.07, 6.45) is 1.99. The van der Waals surface area contributed by atoms with Gasteiger partial charge in [-0.1, -0.05) is 11.6 Å². The van der Waals surface area contributed by atoms with E-state index in [4.69, 9.17) is 11.6 Å². The molecule has 98 valence electrons. The number of esters is 1. The van der Waals surface area contributed by atoms with E-state index in [1.165, 1.54) is 7.11 Å². The van der Waals surface area contributed by atoms with Crippen LogP contribution in [-0.4, -0.2) is 31.2 Å². The van der Waals surface area contributed by atoms with Crippen molar-refractivity contribution in [2.45, 2.75) is 18.9 Å². The van der Waals surface area contributed by atoms with Gasteiger partial charge in [-0.3, -0.25) is 0 Å². The molecule has 0 aliphatic heterocycles. The van der Waals surface area contributed by atoms with Gasteiger partial charge in [0, 0.05) is 13.1 Å². The van der Waals surface area contributed by atoms with Crippen LogP contribution < -0.4 is 4.90 Å². The van der Waals surface area contributed by atoms with Crippen molar-refractivity contribution in [2.75, 3.05) is 19.1 Å². The van der Waals surface area contributed by atoms with Gasteiger partial charge in [-0.25, -0.2) is 14.2 Å². The number of methoxy groups -OCH3 is 1. The molecule has 0 aromatic carbocycles. The maximum atomic E-state index is 14.0. The molecule has 1 aliphatic carbocycles. The molecule has 1 aromatic rings. The predicted octanol–water partition coefficient (Wildman–Crippen LogP) is 3.02. The van der Waals surface area contributed by atoms with E-state index in [-0.39, 0.29) is 27.0 Å². The molecule has 1 aliphatic rings. The number of hydrogen-bond donors (Lipinski definition) is 0. The first-order valence-corrected chi connectivity index (χ1v) is 6.50. The Morgan fingerprint density at radius 1 is 1.61 bits per heavy atom. The molecule has 1 aromatic heterocycles. The zero-order chi connectivity index (χ0) is 13.4. The normalized spacial score (nSPS) is 14.5. The number of pyridine rings is 1. The molecule has 1 heterocycles. The van der Waals surface area contributed by atoms with Crippen LogP contribution in [0.15, 0.2) is 4.47 Å². The van der Waals surface area contributed by atoms with E-state index in [9.17, 15) is 9.18 Å². The molecular weight excluding hydrogens is 326 g/mol. The summed E-state index contributed by atoms with van der Waals surface area (Å²) in [5, 5.41) is -0.332. The van der Waals surface area contributed by atoms with Crippen molar-refractivity contribution < 1.29 is 13.9 Å². The number of anilines is 1. The van der Waals surface area contributed by atoms with Crippen molar-refractivity contribution in [3.63, 3.8) is 0 Å². The van der Waals surface area contributed by atoms with Gasteiger partial charge in [-0.15, -0.1) is 0 Å². The lowest BCUT2D eigenvalue weighted by atomic mass is 10.2. The molecule has 4 nitrogen and oxygen atoms in total. The van der Waals surface area contributed by atoms with E-state index in [0.717, 1.165) is 12.8 Å². The molecule has 0 spiro atoms. The van der Waals surface area contributed by atoms with Crippen molar-refractivity contribution in [3.8, 4) is 0 Å². The average Bonchev–Trinajstić information content (AvgIpc) is 3.17. The molecule has 0 saturated heterocycles. The second-order valence-electron chi connectivity index (χ2n) is 4.06. The minimum absolute atomic E-state index is 0.0219. The van der Waals surface area contributed by atoms with Crippen molar-refractivity contribution >= 4 is 39.2 Å². The molecule has 1 saturated carbocycles. The van der Waals surface area contributed by atoms with E-state index in [0.29, 0.717) is 0 Å². The summed E-state index contributed by atoms with van der Waals surface area (Å²) in [7, 11) is 3.00. The van der Waals surface area contributed by atoms with Crippen LogP contribution in [0.2, 0.25) is 5.15 Å². The Morgan fingerprint density at radius 3 is 2.72 bits per heavy atom. The number of carbonyl (C=O) groups is 1. The monoisotopic (exact) mass is 336 g/mol. The van der Waals surface area contributed by atoms with Crippen LogP contribution in [0.4, 0.5) is 10.1 Å². The van der Waals surface area contributed by atoms with Crippen molar-refractivity contribution in [1.29, 1.82) is 0 Å². The van der Waals surface area contributed by atoms with E-state index in [1.54, 1.807) is 11.9 Å². The average molecular weight is 338 g/mol. The Kier molecular flexibility index (Phi) is 3.77. The largest absolute Gasteiger partial charge is 0.464 e. The lowest BCUT2D eigenvalue weighted by molar-refractivity contribution is 0.0593. The summed E-state index contributed by atoms with van der Waals surface area (Å²) in [6, 6.07) is 0.278. The van der Waals surface area contributed by atoms with Crippen LogP contribution in [0.1, 0.15) is 23.3 Å². The lowest BCUT2D eigenvalue weighted by Gasteiger charge is -2.22. The van der Waals surface area contributed by atoms with E-state index >= 15 is 0 Å². The van der Waals surface area contributed by atoms with Crippen LogP contribution in [0.25, 0.3) is 0 Å². The Hall–Kier alpha value is -0.880. The van der Waals surface area contributed by atoms with Gasteiger partial charge < -0.3 is 9.64 Å². The zero-order valence-corrected chi connectivity index (χ0v) is 12.2. The number of aromatic nitrogens is 1. The molecule has 0 unspecified atom stereocenters. The highest BCUT2D eigenvalue weighted by molar-refractivity contribution is 9.10. The first kappa shape index (κ1) is 13.5. The van der Waals surface area contributed by atoms with Crippen LogP contribution >= 0.6 is 27.5 Å². The quantitative estimate of drug-likeness (QED) is 0.628. The second-order valence-corrected chi connectivity index (χ2v) is 5.21. The number of ether oxygens (including phenoxy) is 1.